The van der Waals surface area contributed by atoms with Crippen molar-refractivity contribution in [1.29, 1.82) is 0 Å². The first kappa shape index (κ1) is 13.6. The topological polar surface area (TPSA) is 64.3 Å². The van der Waals surface area contributed by atoms with Gasteiger partial charge in [-0.05, 0) is 25.3 Å². The quantitative estimate of drug-likeness (QED) is 0.941. The van der Waals surface area contributed by atoms with E-state index in [2.05, 4.69) is 34.9 Å². The Bertz CT molecular complexity index is 606. The minimum absolute atomic E-state index is 0.357. The number of nitrogens with two attached hydrogens (primary N) is 1. The summed E-state index contributed by atoms with van der Waals surface area (Å²) in [6.45, 7) is 3.80. The first-order valence-corrected chi connectivity index (χ1v) is 7.87. The van der Waals surface area contributed by atoms with Crippen LogP contribution in [0.2, 0.25) is 0 Å². The van der Waals surface area contributed by atoms with Crippen molar-refractivity contribution >= 4 is 33.3 Å². The van der Waals surface area contributed by atoms with Crippen LogP contribution in [0.3, 0.4) is 0 Å². The predicted octanol–water partition coefficient (Wildman–Crippen LogP) is 2.45. The number of rotatable bonds is 3. The Hall–Kier alpha value is -1.40. The fourth-order valence-electron chi connectivity index (χ4n) is 2.66. The van der Waals surface area contributed by atoms with E-state index in [0.717, 1.165) is 48.5 Å². The Balaban J connectivity index is 2.02. The maximum atomic E-state index is 5.88. The predicted molar refractivity (Wildman–Crippen MR) is 83.4 cm³/mol. The molecule has 1 aliphatic rings. The minimum Gasteiger partial charge on any atom is -0.381 e. The SMILES string of the molecule is CCc1cc2c(N(C)C3CCOCC3)nc(N)nc2s1. The van der Waals surface area contributed by atoms with Crippen LogP contribution in [-0.4, -0.2) is 36.3 Å². The Morgan fingerprint density at radius 1 is 1.40 bits per heavy atom. The maximum Gasteiger partial charge on any atom is 0.223 e. The highest BCUT2D eigenvalue weighted by atomic mass is 32.1. The van der Waals surface area contributed by atoms with Crippen LogP contribution < -0.4 is 10.6 Å². The molecule has 20 heavy (non-hydrogen) atoms. The van der Waals surface area contributed by atoms with E-state index in [0.29, 0.717) is 12.0 Å². The van der Waals surface area contributed by atoms with E-state index in [1.807, 2.05) is 0 Å². The fourth-order valence-corrected chi connectivity index (χ4v) is 3.63. The molecule has 108 valence electrons. The maximum absolute atomic E-state index is 5.88. The average Bonchev–Trinajstić information content (AvgIpc) is 2.89. The minimum atomic E-state index is 0.357. The van der Waals surface area contributed by atoms with Crippen LogP contribution in [0.15, 0.2) is 6.07 Å². The first-order valence-electron chi connectivity index (χ1n) is 7.05. The summed E-state index contributed by atoms with van der Waals surface area (Å²) in [5, 5.41) is 1.12. The number of fused-ring (bicyclic) bond motifs is 1. The summed E-state index contributed by atoms with van der Waals surface area (Å²) in [6.07, 6.45) is 3.08. The number of aromatic nitrogens is 2. The van der Waals surface area contributed by atoms with E-state index < -0.39 is 0 Å². The zero-order valence-electron chi connectivity index (χ0n) is 11.9. The molecule has 3 rings (SSSR count). The van der Waals surface area contributed by atoms with Crippen LogP contribution in [0, 0.1) is 0 Å². The van der Waals surface area contributed by atoms with Crippen molar-refractivity contribution in [2.45, 2.75) is 32.2 Å². The van der Waals surface area contributed by atoms with E-state index in [4.69, 9.17) is 10.5 Å². The Morgan fingerprint density at radius 3 is 2.85 bits per heavy atom. The van der Waals surface area contributed by atoms with Gasteiger partial charge in [0.05, 0.1) is 5.39 Å². The fraction of sp³-hybridized carbons (Fsp3) is 0.571. The van der Waals surface area contributed by atoms with Gasteiger partial charge in [0.1, 0.15) is 10.6 Å². The molecule has 2 aromatic heterocycles. The van der Waals surface area contributed by atoms with Gasteiger partial charge in [-0.3, -0.25) is 0 Å². The van der Waals surface area contributed by atoms with Crippen molar-refractivity contribution in [2.75, 3.05) is 30.9 Å². The molecule has 0 saturated carbocycles. The lowest BCUT2D eigenvalue weighted by molar-refractivity contribution is 0.0854. The molecule has 2 N–H and O–H groups in total. The van der Waals surface area contributed by atoms with Gasteiger partial charge in [-0.25, -0.2) is 4.98 Å². The number of ether oxygens (including phenoxy) is 1. The number of hydrogen-bond donors (Lipinski definition) is 1. The van der Waals surface area contributed by atoms with Crippen LogP contribution in [-0.2, 0) is 11.2 Å². The van der Waals surface area contributed by atoms with E-state index in [1.165, 1.54) is 4.88 Å². The van der Waals surface area contributed by atoms with E-state index in [1.54, 1.807) is 11.3 Å². The molecule has 0 spiro atoms. The molecule has 0 aliphatic carbocycles. The van der Waals surface area contributed by atoms with E-state index in [-0.39, 0.29) is 0 Å². The van der Waals surface area contributed by atoms with Gasteiger partial charge in [0.25, 0.3) is 0 Å². The van der Waals surface area contributed by atoms with Gasteiger partial charge in [0.15, 0.2) is 0 Å². The van der Waals surface area contributed by atoms with Crippen LogP contribution in [0.1, 0.15) is 24.6 Å². The zero-order valence-corrected chi connectivity index (χ0v) is 12.7. The van der Waals surface area contributed by atoms with Crippen molar-refractivity contribution in [3.63, 3.8) is 0 Å². The molecular formula is C14H20N4OS. The standard InChI is InChI=1S/C14H20N4OS/c1-3-10-8-11-12(16-14(15)17-13(11)20-10)18(2)9-4-6-19-7-5-9/h8-9H,3-7H2,1-2H3,(H2,15,16,17). The van der Waals surface area contributed by atoms with Gasteiger partial charge >= 0.3 is 0 Å². The molecule has 0 radical (unpaired) electrons. The second-order valence-corrected chi connectivity index (χ2v) is 6.26. The molecule has 0 bridgehead atoms. The second-order valence-electron chi connectivity index (χ2n) is 5.14. The highest BCUT2D eigenvalue weighted by Crippen LogP contribution is 2.33. The van der Waals surface area contributed by atoms with Crippen LogP contribution in [0.5, 0.6) is 0 Å². The van der Waals surface area contributed by atoms with E-state index in [9.17, 15) is 0 Å². The number of nitrogen functional groups attached to an aromatic ring is 1. The lowest BCUT2D eigenvalue weighted by Crippen LogP contribution is -2.37. The average molecular weight is 292 g/mol. The number of aryl methyl sites for hydroxylation is 1. The lowest BCUT2D eigenvalue weighted by Gasteiger charge is -2.32. The molecule has 1 fully saturated rings. The van der Waals surface area contributed by atoms with Gasteiger partial charge in [-0.2, -0.15) is 4.98 Å². The molecule has 6 heteroatoms. The molecule has 2 aromatic rings. The largest absolute Gasteiger partial charge is 0.381 e. The van der Waals surface area contributed by atoms with Gasteiger partial charge in [-0.1, -0.05) is 6.92 Å². The highest BCUT2D eigenvalue weighted by Gasteiger charge is 2.22. The molecule has 0 unspecified atom stereocenters. The van der Waals surface area contributed by atoms with Crippen LogP contribution >= 0.6 is 11.3 Å². The number of hydrogen-bond acceptors (Lipinski definition) is 6. The van der Waals surface area contributed by atoms with Gasteiger partial charge < -0.3 is 15.4 Å². The third kappa shape index (κ3) is 2.45. The smallest absolute Gasteiger partial charge is 0.223 e. The van der Waals surface area contributed by atoms with Crippen molar-refractivity contribution < 1.29 is 4.74 Å². The third-order valence-electron chi connectivity index (χ3n) is 3.86. The molecule has 1 saturated heterocycles. The Labute approximate surface area is 122 Å². The summed E-state index contributed by atoms with van der Waals surface area (Å²) in [6, 6.07) is 2.66. The monoisotopic (exact) mass is 292 g/mol. The first-order chi connectivity index (χ1) is 9.69. The van der Waals surface area contributed by atoms with Crippen molar-refractivity contribution in [2.24, 2.45) is 0 Å². The highest BCUT2D eigenvalue weighted by molar-refractivity contribution is 7.18. The summed E-state index contributed by atoms with van der Waals surface area (Å²) in [4.78, 5) is 13.4. The van der Waals surface area contributed by atoms with Gasteiger partial charge in [0, 0.05) is 31.2 Å². The summed E-state index contributed by atoms with van der Waals surface area (Å²) >= 11 is 1.71. The normalized spacial score (nSPS) is 16.7. The second kappa shape index (κ2) is 5.54. The molecule has 0 aromatic carbocycles. The molecule has 5 nitrogen and oxygen atoms in total. The van der Waals surface area contributed by atoms with Crippen LogP contribution in [0.4, 0.5) is 11.8 Å². The third-order valence-corrected chi connectivity index (χ3v) is 5.04. The molecule has 0 amide bonds. The summed E-state index contributed by atoms with van der Waals surface area (Å²) in [5.41, 5.74) is 5.88. The number of nitrogens with zero attached hydrogens (tertiary/aromatic N) is 3. The van der Waals surface area contributed by atoms with Crippen molar-refractivity contribution in [3.8, 4) is 0 Å². The summed E-state index contributed by atoms with van der Waals surface area (Å²) in [7, 11) is 2.10. The Morgan fingerprint density at radius 2 is 2.15 bits per heavy atom. The van der Waals surface area contributed by atoms with Gasteiger partial charge in [-0.15, -0.1) is 11.3 Å². The number of thiophene rings is 1. The van der Waals surface area contributed by atoms with Gasteiger partial charge in [0.2, 0.25) is 5.95 Å². The lowest BCUT2D eigenvalue weighted by atomic mass is 10.1. The van der Waals surface area contributed by atoms with Crippen molar-refractivity contribution in [3.05, 3.63) is 10.9 Å². The number of anilines is 2. The summed E-state index contributed by atoms with van der Waals surface area (Å²) < 4.78 is 5.44. The molecular weight excluding hydrogens is 272 g/mol. The van der Waals surface area contributed by atoms with E-state index >= 15 is 0 Å². The van der Waals surface area contributed by atoms with Crippen LogP contribution in [0.25, 0.3) is 10.2 Å². The molecule has 3 heterocycles. The molecule has 0 atom stereocenters. The zero-order chi connectivity index (χ0) is 14.1. The van der Waals surface area contributed by atoms with Crippen molar-refractivity contribution in [1.82, 2.24) is 9.97 Å². The molecule has 1 aliphatic heterocycles. The Kier molecular flexibility index (Phi) is 3.76. The summed E-state index contributed by atoms with van der Waals surface area (Å²) in [5.74, 6) is 1.31.